The molecule has 0 amide bonds. The Bertz CT molecular complexity index is 513. The molecule has 0 N–H and O–H groups in total. The molecule has 1 aromatic rings. The quantitative estimate of drug-likeness (QED) is 0.753. The Morgan fingerprint density at radius 1 is 1.29 bits per heavy atom. The average molecular weight is 313 g/mol. The largest absolute Gasteiger partial charge is 0.466 e. The Morgan fingerprint density at radius 2 is 1.95 bits per heavy atom. The van der Waals surface area contributed by atoms with Crippen LogP contribution in [-0.2, 0) is 23.8 Å². The minimum absolute atomic E-state index is 0.0171. The van der Waals surface area contributed by atoms with Crippen LogP contribution in [0, 0.1) is 5.92 Å². The lowest BCUT2D eigenvalue weighted by Crippen LogP contribution is -2.33. The summed E-state index contributed by atoms with van der Waals surface area (Å²) in [6, 6.07) is 7.38. The summed E-state index contributed by atoms with van der Waals surface area (Å²) in [5.41, 5.74) is 1.04. The molecule has 0 spiro atoms. The van der Waals surface area contributed by atoms with E-state index in [2.05, 4.69) is 4.74 Å². The molecule has 0 radical (unpaired) electrons. The molecule has 5 nitrogen and oxygen atoms in total. The molecule has 0 bridgehead atoms. The fraction of sp³-hybridized carbons (Fsp3) is 0.467. The van der Waals surface area contributed by atoms with E-state index < -0.39 is 18.0 Å². The van der Waals surface area contributed by atoms with Gasteiger partial charge >= 0.3 is 11.9 Å². The Kier molecular flexibility index (Phi) is 5.20. The van der Waals surface area contributed by atoms with Crippen LogP contribution in [0.2, 0.25) is 5.02 Å². The molecule has 0 aliphatic heterocycles. The van der Waals surface area contributed by atoms with Gasteiger partial charge in [-0.2, -0.15) is 0 Å². The first kappa shape index (κ1) is 15.8. The predicted octanol–water partition coefficient (Wildman–Crippen LogP) is 2.17. The topological polar surface area (TPSA) is 61.8 Å². The molecule has 1 fully saturated rings. The van der Waals surface area contributed by atoms with Crippen molar-refractivity contribution in [3.05, 3.63) is 34.9 Å². The van der Waals surface area contributed by atoms with E-state index in [1.807, 2.05) is 12.1 Å². The molecule has 3 atom stereocenters. The van der Waals surface area contributed by atoms with Gasteiger partial charge in [0.15, 0.2) is 0 Å². The third-order valence-electron chi connectivity index (χ3n) is 3.43. The Balaban J connectivity index is 1.93. The fourth-order valence-electron chi connectivity index (χ4n) is 2.19. The SMILES string of the molecule is COC[C@H](OC(=O)[C@H]1C[C@H]1c1ccc(Cl)cc1)C(=O)OC. The fourth-order valence-corrected chi connectivity index (χ4v) is 2.32. The molecule has 6 heteroatoms. The molecular formula is C15H17ClO5. The number of carbonyl (C=O) groups is 2. The number of hydrogen-bond acceptors (Lipinski definition) is 5. The highest BCUT2D eigenvalue weighted by Crippen LogP contribution is 2.48. The molecular weight excluding hydrogens is 296 g/mol. The van der Waals surface area contributed by atoms with E-state index in [0.29, 0.717) is 11.4 Å². The number of rotatable bonds is 6. The number of esters is 2. The van der Waals surface area contributed by atoms with Gasteiger partial charge in [-0.1, -0.05) is 23.7 Å². The van der Waals surface area contributed by atoms with Crippen LogP contribution >= 0.6 is 11.6 Å². The standard InChI is InChI=1S/C15H17ClO5/c1-19-8-13(15(18)20-2)21-14(17)12-7-11(12)9-3-5-10(16)6-4-9/h3-6,11-13H,7-8H2,1-2H3/t11-,12-,13-/m0/s1. The van der Waals surface area contributed by atoms with Crippen LogP contribution in [0.25, 0.3) is 0 Å². The van der Waals surface area contributed by atoms with Crippen LogP contribution in [0.3, 0.4) is 0 Å². The highest BCUT2D eigenvalue weighted by molar-refractivity contribution is 6.30. The van der Waals surface area contributed by atoms with Crippen molar-refractivity contribution in [2.75, 3.05) is 20.8 Å². The van der Waals surface area contributed by atoms with Crippen LogP contribution < -0.4 is 0 Å². The zero-order valence-electron chi connectivity index (χ0n) is 11.9. The van der Waals surface area contributed by atoms with Gasteiger partial charge in [-0.15, -0.1) is 0 Å². The first-order valence-electron chi connectivity index (χ1n) is 6.59. The molecule has 2 rings (SSSR count). The predicted molar refractivity (Wildman–Crippen MR) is 76.1 cm³/mol. The second-order valence-electron chi connectivity index (χ2n) is 4.90. The molecule has 0 saturated heterocycles. The molecule has 1 saturated carbocycles. The third-order valence-corrected chi connectivity index (χ3v) is 3.68. The van der Waals surface area contributed by atoms with E-state index in [-0.39, 0.29) is 18.4 Å². The van der Waals surface area contributed by atoms with Gasteiger partial charge in [-0.25, -0.2) is 4.79 Å². The van der Waals surface area contributed by atoms with Crippen LogP contribution in [0.4, 0.5) is 0 Å². The van der Waals surface area contributed by atoms with E-state index in [1.54, 1.807) is 12.1 Å². The molecule has 0 unspecified atom stereocenters. The van der Waals surface area contributed by atoms with Crippen molar-refractivity contribution in [1.82, 2.24) is 0 Å². The summed E-state index contributed by atoms with van der Waals surface area (Å²) in [6.07, 6.45) is -0.305. The maximum Gasteiger partial charge on any atom is 0.349 e. The highest BCUT2D eigenvalue weighted by atomic mass is 35.5. The first-order chi connectivity index (χ1) is 10.1. The normalized spacial score (nSPS) is 21.5. The molecule has 1 aromatic carbocycles. The van der Waals surface area contributed by atoms with Crippen molar-refractivity contribution in [1.29, 1.82) is 0 Å². The number of halogens is 1. The zero-order valence-corrected chi connectivity index (χ0v) is 12.6. The van der Waals surface area contributed by atoms with E-state index >= 15 is 0 Å². The Morgan fingerprint density at radius 3 is 2.52 bits per heavy atom. The van der Waals surface area contributed by atoms with Gasteiger partial charge in [-0.3, -0.25) is 4.79 Å². The summed E-state index contributed by atoms with van der Waals surface area (Å²) >= 11 is 5.83. The second kappa shape index (κ2) is 6.91. The Hall–Kier alpha value is -1.59. The van der Waals surface area contributed by atoms with Crippen LogP contribution in [-0.4, -0.2) is 38.9 Å². The van der Waals surface area contributed by atoms with E-state index in [4.69, 9.17) is 21.1 Å². The van der Waals surface area contributed by atoms with Crippen LogP contribution in [0.5, 0.6) is 0 Å². The van der Waals surface area contributed by atoms with Crippen molar-refractivity contribution in [2.45, 2.75) is 18.4 Å². The van der Waals surface area contributed by atoms with Crippen LogP contribution in [0.15, 0.2) is 24.3 Å². The van der Waals surface area contributed by atoms with Gasteiger partial charge in [0.2, 0.25) is 6.10 Å². The summed E-state index contributed by atoms with van der Waals surface area (Å²) in [4.78, 5) is 23.5. The lowest BCUT2D eigenvalue weighted by atomic mass is 10.1. The zero-order chi connectivity index (χ0) is 15.4. The second-order valence-corrected chi connectivity index (χ2v) is 5.34. The molecule has 0 aromatic heterocycles. The van der Waals surface area contributed by atoms with Crippen molar-refractivity contribution < 1.29 is 23.8 Å². The van der Waals surface area contributed by atoms with Gasteiger partial charge in [0, 0.05) is 12.1 Å². The molecule has 1 aliphatic rings. The number of methoxy groups -OCH3 is 2. The van der Waals surface area contributed by atoms with Crippen molar-refractivity contribution in [2.24, 2.45) is 5.92 Å². The van der Waals surface area contributed by atoms with Gasteiger partial charge in [0.25, 0.3) is 0 Å². The van der Waals surface area contributed by atoms with E-state index in [9.17, 15) is 9.59 Å². The lowest BCUT2D eigenvalue weighted by molar-refractivity contribution is -0.170. The smallest absolute Gasteiger partial charge is 0.349 e. The first-order valence-corrected chi connectivity index (χ1v) is 6.97. The van der Waals surface area contributed by atoms with Crippen molar-refractivity contribution in [3.8, 4) is 0 Å². The molecule has 1 aliphatic carbocycles. The molecule has 114 valence electrons. The summed E-state index contributed by atoms with van der Waals surface area (Å²) in [5, 5.41) is 0.657. The van der Waals surface area contributed by atoms with E-state index in [0.717, 1.165) is 5.56 Å². The molecule has 0 heterocycles. The summed E-state index contributed by atoms with van der Waals surface area (Å²) in [7, 11) is 2.67. The van der Waals surface area contributed by atoms with Crippen molar-refractivity contribution in [3.63, 3.8) is 0 Å². The number of ether oxygens (including phenoxy) is 3. The number of hydrogen-bond donors (Lipinski definition) is 0. The number of carbonyl (C=O) groups excluding carboxylic acids is 2. The summed E-state index contributed by atoms with van der Waals surface area (Å²) < 4.78 is 14.6. The molecule has 21 heavy (non-hydrogen) atoms. The summed E-state index contributed by atoms with van der Waals surface area (Å²) in [5.74, 6) is -1.12. The lowest BCUT2D eigenvalue weighted by Gasteiger charge is -2.14. The highest BCUT2D eigenvalue weighted by Gasteiger charge is 2.46. The minimum atomic E-state index is -1.01. The van der Waals surface area contributed by atoms with E-state index in [1.165, 1.54) is 14.2 Å². The maximum atomic E-state index is 12.0. The third kappa shape index (κ3) is 3.95. The van der Waals surface area contributed by atoms with Crippen LogP contribution in [0.1, 0.15) is 17.9 Å². The Labute approximate surface area is 128 Å². The maximum absolute atomic E-state index is 12.0. The number of benzene rings is 1. The minimum Gasteiger partial charge on any atom is -0.466 e. The summed E-state index contributed by atoms with van der Waals surface area (Å²) in [6.45, 7) is -0.0171. The monoisotopic (exact) mass is 312 g/mol. The van der Waals surface area contributed by atoms with Crippen molar-refractivity contribution >= 4 is 23.5 Å². The average Bonchev–Trinajstić information content (AvgIpc) is 3.27. The van der Waals surface area contributed by atoms with Gasteiger partial charge in [0.05, 0.1) is 19.6 Å². The van der Waals surface area contributed by atoms with Gasteiger partial charge in [0.1, 0.15) is 0 Å². The van der Waals surface area contributed by atoms with Gasteiger partial charge < -0.3 is 14.2 Å². The van der Waals surface area contributed by atoms with Gasteiger partial charge in [-0.05, 0) is 30.0 Å².